The van der Waals surface area contributed by atoms with E-state index in [-0.39, 0.29) is 25.4 Å². The van der Waals surface area contributed by atoms with Gasteiger partial charge in [-0.15, -0.1) is 0 Å². The predicted octanol–water partition coefficient (Wildman–Crippen LogP) is -2.89. The van der Waals surface area contributed by atoms with Gasteiger partial charge in [-0.3, -0.25) is 18.2 Å². The number of carboxylic acids is 1. The van der Waals surface area contributed by atoms with Gasteiger partial charge < -0.3 is 31.4 Å². The van der Waals surface area contributed by atoms with Crippen LogP contribution in [0.3, 0.4) is 0 Å². The molecule has 0 aromatic heterocycles. The third kappa shape index (κ3) is 29.5. The molecule has 0 spiro atoms. The van der Waals surface area contributed by atoms with Crippen LogP contribution in [0.2, 0.25) is 0 Å². The van der Waals surface area contributed by atoms with E-state index in [1.807, 2.05) is 0 Å². The largest absolute Gasteiger partial charge is 2.00 e. The van der Waals surface area contributed by atoms with Gasteiger partial charge in [0.15, 0.2) is 5.96 Å². The number of aliphatic carboxylic acids is 1. The minimum absolute atomic E-state index is 0. The Labute approximate surface area is 117 Å². The van der Waals surface area contributed by atoms with Crippen LogP contribution in [0.5, 0.6) is 0 Å². The number of hydrogen-bond acceptors (Lipinski definition) is 7. The molecule has 102 valence electrons. The average Bonchev–Trinajstić information content (AvgIpc) is 2.08. The quantitative estimate of drug-likeness (QED) is 0.101. The Bertz CT molecular complexity index is 347. The van der Waals surface area contributed by atoms with Gasteiger partial charge in [-0.05, 0) is 12.8 Å². The van der Waals surface area contributed by atoms with E-state index in [1.165, 1.54) is 0 Å². The SMILES string of the molecule is NC(N)=NCCC[C@H](N)C(=O)O.O=S(=O)([O-])[O-].[Zn+2]. The van der Waals surface area contributed by atoms with Crippen molar-refractivity contribution in [2.24, 2.45) is 22.2 Å². The van der Waals surface area contributed by atoms with Crippen molar-refractivity contribution in [3.8, 4) is 0 Å². The maximum atomic E-state index is 10.2. The first-order valence-corrected chi connectivity index (χ1v) is 5.58. The molecule has 0 saturated carbocycles. The zero-order chi connectivity index (χ0) is 14.1. The van der Waals surface area contributed by atoms with Crippen LogP contribution in [0.25, 0.3) is 0 Å². The number of nitrogens with two attached hydrogens (primary N) is 3. The van der Waals surface area contributed by atoms with Crippen LogP contribution in [-0.2, 0) is 34.7 Å². The van der Waals surface area contributed by atoms with Gasteiger partial charge in [-0.25, -0.2) is 0 Å². The molecule has 0 fully saturated rings. The van der Waals surface area contributed by atoms with Crippen molar-refractivity contribution >= 4 is 22.3 Å². The molecule has 0 unspecified atom stereocenters. The standard InChI is InChI=1S/C6H14N4O2.H2O4S.Zn/c7-4(5(11)12)2-1-3-10-6(8)9;1-5(2,3)4;/h4H,1-3,7H2,(H,11,12)(H4,8,9,10);(H2,1,2,3,4);/q;;+2/p-2/t4-;;/m0../s1. The molecule has 0 aliphatic carbocycles. The molecule has 0 radical (unpaired) electrons. The van der Waals surface area contributed by atoms with Crippen LogP contribution in [0.1, 0.15) is 12.8 Å². The molecule has 0 aromatic rings. The Balaban J connectivity index is -0.000000321. The van der Waals surface area contributed by atoms with Gasteiger partial charge in [0.25, 0.3) is 0 Å². The summed E-state index contributed by atoms with van der Waals surface area (Å²) in [7, 11) is -5.17. The molecular formula is C6H14N4O6SZn. The molecule has 12 heteroatoms. The van der Waals surface area contributed by atoms with Crippen molar-refractivity contribution in [2.45, 2.75) is 18.9 Å². The number of nitrogens with zero attached hydrogens (tertiary/aromatic N) is 1. The molecule has 18 heavy (non-hydrogen) atoms. The molecule has 0 saturated heterocycles. The molecule has 7 N–H and O–H groups in total. The molecule has 0 aliphatic rings. The Hall–Kier alpha value is -0.807. The van der Waals surface area contributed by atoms with E-state index in [4.69, 9.17) is 39.8 Å². The third-order valence-corrected chi connectivity index (χ3v) is 1.28. The Morgan fingerprint density at radius 2 is 1.72 bits per heavy atom. The van der Waals surface area contributed by atoms with Gasteiger partial charge >= 0.3 is 25.4 Å². The molecule has 0 heterocycles. The van der Waals surface area contributed by atoms with E-state index < -0.39 is 22.4 Å². The molecule has 0 aliphatic heterocycles. The van der Waals surface area contributed by atoms with Gasteiger partial charge in [0.2, 0.25) is 0 Å². The van der Waals surface area contributed by atoms with Crippen LogP contribution in [0.15, 0.2) is 4.99 Å². The van der Waals surface area contributed by atoms with Gasteiger partial charge in [-0.2, -0.15) is 0 Å². The Kier molecular flexibility index (Phi) is 14.0. The first-order chi connectivity index (χ1) is 7.54. The van der Waals surface area contributed by atoms with Gasteiger partial charge in [0.1, 0.15) is 6.04 Å². The van der Waals surface area contributed by atoms with Crippen molar-refractivity contribution in [1.82, 2.24) is 0 Å². The summed E-state index contributed by atoms with van der Waals surface area (Å²) in [6.07, 6.45) is 0.956. The predicted molar refractivity (Wildman–Crippen MR) is 56.0 cm³/mol. The molecular weight excluding hydrogens is 322 g/mol. The molecule has 10 nitrogen and oxygen atoms in total. The van der Waals surface area contributed by atoms with Crippen LogP contribution in [0, 0.1) is 0 Å². The number of hydrogen-bond donors (Lipinski definition) is 4. The zero-order valence-corrected chi connectivity index (χ0v) is 13.3. The Morgan fingerprint density at radius 1 is 1.33 bits per heavy atom. The van der Waals surface area contributed by atoms with Crippen molar-refractivity contribution in [1.29, 1.82) is 0 Å². The Morgan fingerprint density at radius 3 is 2.00 bits per heavy atom. The smallest absolute Gasteiger partial charge is 0.759 e. The molecule has 0 bridgehead atoms. The van der Waals surface area contributed by atoms with Gasteiger partial charge in [-0.1, -0.05) is 0 Å². The number of guanidine groups is 1. The monoisotopic (exact) mass is 334 g/mol. The summed E-state index contributed by atoms with van der Waals surface area (Å²) in [5.41, 5.74) is 15.3. The van der Waals surface area contributed by atoms with E-state index in [0.29, 0.717) is 19.4 Å². The third-order valence-electron chi connectivity index (χ3n) is 1.28. The summed E-state index contributed by atoms with van der Waals surface area (Å²) in [6.45, 7) is 0.420. The molecule has 0 aromatic carbocycles. The second-order valence-electron chi connectivity index (χ2n) is 2.80. The van der Waals surface area contributed by atoms with E-state index in [0.717, 1.165) is 0 Å². The number of carboxylic acid groups (broad SMARTS) is 1. The second-order valence-corrected chi connectivity index (χ2v) is 3.62. The average molecular weight is 336 g/mol. The number of rotatable bonds is 5. The summed E-state index contributed by atoms with van der Waals surface area (Å²) < 4.78 is 34.1. The summed E-state index contributed by atoms with van der Waals surface area (Å²) >= 11 is 0. The fraction of sp³-hybridized carbons (Fsp3) is 0.667. The molecule has 0 rings (SSSR count). The number of aliphatic imine (C=N–C) groups is 1. The first kappa shape index (κ1) is 22.4. The summed E-state index contributed by atoms with van der Waals surface area (Å²) in [5.74, 6) is -0.987. The molecule has 0 amide bonds. The van der Waals surface area contributed by atoms with Gasteiger partial charge in [0.05, 0.1) is 0 Å². The van der Waals surface area contributed by atoms with E-state index >= 15 is 0 Å². The number of carbonyl (C=O) groups is 1. The fourth-order valence-electron chi connectivity index (χ4n) is 0.643. The summed E-state index contributed by atoms with van der Waals surface area (Å²) in [5, 5.41) is 8.38. The normalized spacial score (nSPS) is 11.3. The van der Waals surface area contributed by atoms with Crippen molar-refractivity contribution in [3.63, 3.8) is 0 Å². The van der Waals surface area contributed by atoms with Crippen LogP contribution in [-0.4, -0.2) is 47.1 Å². The van der Waals surface area contributed by atoms with Crippen molar-refractivity contribution < 1.29 is 46.9 Å². The zero-order valence-electron chi connectivity index (χ0n) is 9.48. The van der Waals surface area contributed by atoms with Crippen LogP contribution in [0.4, 0.5) is 0 Å². The minimum atomic E-state index is -5.17. The summed E-state index contributed by atoms with van der Waals surface area (Å²) in [4.78, 5) is 13.9. The van der Waals surface area contributed by atoms with E-state index in [9.17, 15) is 4.79 Å². The second kappa shape index (κ2) is 11.3. The minimum Gasteiger partial charge on any atom is -0.759 e. The van der Waals surface area contributed by atoms with Gasteiger partial charge in [0, 0.05) is 16.9 Å². The molecule has 1 atom stereocenters. The maximum absolute atomic E-state index is 10.2. The first-order valence-electron chi connectivity index (χ1n) is 4.24. The van der Waals surface area contributed by atoms with Crippen LogP contribution < -0.4 is 17.2 Å². The summed E-state index contributed by atoms with van der Waals surface area (Å²) in [6, 6.07) is -0.820. The van der Waals surface area contributed by atoms with Crippen molar-refractivity contribution in [2.75, 3.05) is 6.54 Å². The maximum Gasteiger partial charge on any atom is 2.00 e. The topological polar surface area (TPSA) is 208 Å². The van der Waals surface area contributed by atoms with Crippen LogP contribution >= 0.6 is 0 Å². The fourth-order valence-corrected chi connectivity index (χ4v) is 0.643. The van der Waals surface area contributed by atoms with E-state index in [1.54, 1.807) is 0 Å². The van der Waals surface area contributed by atoms with E-state index in [2.05, 4.69) is 4.99 Å². The van der Waals surface area contributed by atoms with Crippen molar-refractivity contribution in [3.05, 3.63) is 0 Å².